The van der Waals surface area contributed by atoms with Gasteiger partial charge in [-0.25, -0.2) is 0 Å². The third-order valence-corrected chi connectivity index (χ3v) is 5.37. The molecule has 0 aromatic heterocycles. The molecule has 2 N–H and O–H groups in total. The SMILES string of the molecule is C[C@@H](NC(=O)C[NH+]1CCN(c2ccccc2)CC1)c1ccc(Cl)cc1Cl. The molecule has 0 radical (unpaired) electrons. The summed E-state index contributed by atoms with van der Waals surface area (Å²) in [4.78, 5) is 16.1. The topological polar surface area (TPSA) is 36.8 Å². The van der Waals surface area contributed by atoms with Crippen molar-refractivity contribution in [3.05, 3.63) is 64.1 Å². The summed E-state index contributed by atoms with van der Waals surface area (Å²) in [6.07, 6.45) is 0. The number of rotatable bonds is 5. The van der Waals surface area contributed by atoms with Crippen molar-refractivity contribution in [1.82, 2.24) is 5.32 Å². The minimum atomic E-state index is -0.141. The zero-order valence-corrected chi connectivity index (χ0v) is 16.4. The molecule has 3 rings (SSSR count). The molecule has 0 aliphatic carbocycles. The maximum atomic E-state index is 12.4. The third-order valence-electron chi connectivity index (χ3n) is 4.81. The predicted octanol–water partition coefficient (Wildman–Crippen LogP) is 2.58. The first-order chi connectivity index (χ1) is 12.5. The lowest BCUT2D eigenvalue weighted by atomic mass is 10.1. The Morgan fingerprint density at radius 3 is 2.50 bits per heavy atom. The molecule has 0 unspecified atom stereocenters. The predicted molar refractivity (Wildman–Crippen MR) is 107 cm³/mol. The van der Waals surface area contributed by atoms with Crippen LogP contribution in [-0.4, -0.2) is 38.6 Å². The summed E-state index contributed by atoms with van der Waals surface area (Å²) in [5.74, 6) is 0.0478. The standard InChI is InChI=1S/C20H23Cl2N3O/c1-15(18-8-7-16(21)13-19(18)22)23-20(26)14-24-9-11-25(12-10-24)17-5-3-2-4-6-17/h2-8,13,15H,9-12,14H2,1H3,(H,23,26)/p+1/t15-/m1/s1. The molecule has 26 heavy (non-hydrogen) atoms. The summed E-state index contributed by atoms with van der Waals surface area (Å²) >= 11 is 12.2. The smallest absolute Gasteiger partial charge is 0.275 e. The fourth-order valence-electron chi connectivity index (χ4n) is 3.35. The number of carbonyl (C=O) groups is 1. The molecule has 0 spiro atoms. The number of amides is 1. The number of benzene rings is 2. The van der Waals surface area contributed by atoms with Crippen LogP contribution in [-0.2, 0) is 4.79 Å². The van der Waals surface area contributed by atoms with Crippen molar-refractivity contribution in [3.8, 4) is 0 Å². The highest BCUT2D eigenvalue weighted by Crippen LogP contribution is 2.25. The van der Waals surface area contributed by atoms with Gasteiger partial charge in [-0.05, 0) is 36.8 Å². The average molecular weight is 393 g/mol. The largest absolute Gasteiger partial charge is 0.360 e. The Bertz CT molecular complexity index is 746. The summed E-state index contributed by atoms with van der Waals surface area (Å²) in [7, 11) is 0. The van der Waals surface area contributed by atoms with Gasteiger partial charge in [-0.1, -0.05) is 47.5 Å². The molecule has 0 bridgehead atoms. The third kappa shape index (κ3) is 4.91. The Hall–Kier alpha value is -1.75. The van der Waals surface area contributed by atoms with E-state index in [4.69, 9.17) is 23.2 Å². The normalized spacial score (nSPS) is 16.3. The fourth-order valence-corrected chi connectivity index (χ4v) is 3.92. The van der Waals surface area contributed by atoms with E-state index in [0.717, 1.165) is 31.7 Å². The molecule has 2 aromatic carbocycles. The molecule has 0 saturated carbocycles. The number of anilines is 1. The van der Waals surface area contributed by atoms with Crippen LogP contribution in [0.1, 0.15) is 18.5 Å². The monoisotopic (exact) mass is 392 g/mol. The zero-order chi connectivity index (χ0) is 18.5. The summed E-state index contributed by atoms with van der Waals surface area (Å²) in [5, 5.41) is 4.22. The number of quaternary nitrogens is 1. The van der Waals surface area contributed by atoms with Gasteiger partial charge in [0.15, 0.2) is 6.54 Å². The Kier molecular flexibility index (Phi) is 6.41. The summed E-state index contributed by atoms with van der Waals surface area (Å²) in [6, 6.07) is 15.6. The van der Waals surface area contributed by atoms with E-state index in [1.807, 2.05) is 19.1 Å². The first kappa shape index (κ1) is 19.0. The summed E-state index contributed by atoms with van der Waals surface area (Å²) < 4.78 is 0. The van der Waals surface area contributed by atoms with E-state index >= 15 is 0 Å². The van der Waals surface area contributed by atoms with E-state index in [1.54, 1.807) is 12.1 Å². The molecule has 1 aliphatic rings. The van der Waals surface area contributed by atoms with Crippen molar-refractivity contribution in [2.45, 2.75) is 13.0 Å². The second kappa shape index (κ2) is 8.76. The van der Waals surface area contributed by atoms with Crippen LogP contribution in [0.25, 0.3) is 0 Å². The molecule has 4 nitrogen and oxygen atoms in total. The highest BCUT2D eigenvalue weighted by Gasteiger charge is 2.23. The molecule has 1 atom stereocenters. The van der Waals surface area contributed by atoms with Gasteiger partial charge in [-0.15, -0.1) is 0 Å². The Labute approximate surface area is 164 Å². The maximum absolute atomic E-state index is 12.4. The van der Waals surface area contributed by atoms with Crippen molar-refractivity contribution in [1.29, 1.82) is 0 Å². The van der Waals surface area contributed by atoms with Crippen molar-refractivity contribution < 1.29 is 9.69 Å². The summed E-state index contributed by atoms with van der Waals surface area (Å²) in [6.45, 7) is 6.26. The van der Waals surface area contributed by atoms with Crippen molar-refractivity contribution in [2.75, 3.05) is 37.6 Å². The molecular weight excluding hydrogens is 369 g/mol. The fraction of sp³-hybridized carbons (Fsp3) is 0.350. The van der Waals surface area contributed by atoms with E-state index in [9.17, 15) is 4.79 Å². The lowest BCUT2D eigenvalue weighted by Gasteiger charge is -2.33. The highest BCUT2D eigenvalue weighted by atomic mass is 35.5. The van der Waals surface area contributed by atoms with Crippen LogP contribution in [0, 0.1) is 0 Å². The average Bonchev–Trinajstić information content (AvgIpc) is 2.63. The van der Waals surface area contributed by atoms with Crippen LogP contribution in [0.3, 0.4) is 0 Å². The van der Waals surface area contributed by atoms with Crippen LogP contribution in [0.5, 0.6) is 0 Å². The van der Waals surface area contributed by atoms with Crippen LogP contribution in [0.15, 0.2) is 48.5 Å². The number of nitrogens with zero attached hydrogens (tertiary/aromatic N) is 1. The Balaban J connectivity index is 1.48. The second-order valence-corrected chi connectivity index (χ2v) is 7.55. The van der Waals surface area contributed by atoms with Crippen LogP contribution >= 0.6 is 23.2 Å². The van der Waals surface area contributed by atoms with Crippen molar-refractivity contribution in [2.24, 2.45) is 0 Å². The Morgan fingerprint density at radius 1 is 1.15 bits per heavy atom. The molecule has 1 saturated heterocycles. The van der Waals surface area contributed by atoms with Crippen molar-refractivity contribution >= 4 is 34.8 Å². The van der Waals surface area contributed by atoms with E-state index in [0.29, 0.717) is 16.6 Å². The number of halogens is 2. The first-order valence-electron chi connectivity index (χ1n) is 8.91. The quantitative estimate of drug-likeness (QED) is 0.820. The number of para-hydroxylation sites is 1. The van der Waals surface area contributed by atoms with Gasteiger partial charge in [0.2, 0.25) is 0 Å². The molecule has 2 aromatic rings. The van der Waals surface area contributed by atoms with Crippen molar-refractivity contribution in [3.63, 3.8) is 0 Å². The molecule has 1 fully saturated rings. The van der Waals surface area contributed by atoms with Crippen LogP contribution in [0.4, 0.5) is 5.69 Å². The molecular formula is C20H24Cl2N3O+. The molecule has 1 heterocycles. The van der Waals surface area contributed by atoms with Crippen LogP contribution in [0.2, 0.25) is 10.0 Å². The number of piperazine rings is 1. The second-order valence-electron chi connectivity index (χ2n) is 6.70. The van der Waals surface area contributed by atoms with Gasteiger partial charge < -0.3 is 15.1 Å². The molecule has 1 aliphatic heterocycles. The maximum Gasteiger partial charge on any atom is 0.275 e. The first-order valence-corrected chi connectivity index (χ1v) is 9.66. The zero-order valence-electron chi connectivity index (χ0n) is 14.8. The summed E-state index contributed by atoms with van der Waals surface area (Å²) in [5.41, 5.74) is 2.13. The van der Waals surface area contributed by atoms with E-state index in [-0.39, 0.29) is 11.9 Å². The van der Waals surface area contributed by atoms with Gasteiger partial charge in [-0.2, -0.15) is 0 Å². The van der Waals surface area contributed by atoms with Gasteiger partial charge in [0.25, 0.3) is 5.91 Å². The molecule has 6 heteroatoms. The van der Waals surface area contributed by atoms with Gasteiger partial charge in [0.1, 0.15) is 0 Å². The van der Waals surface area contributed by atoms with Gasteiger partial charge >= 0.3 is 0 Å². The van der Waals surface area contributed by atoms with Crippen LogP contribution < -0.4 is 15.1 Å². The lowest BCUT2D eigenvalue weighted by Crippen LogP contribution is -3.15. The van der Waals surface area contributed by atoms with Gasteiger partial charge in [-0.3, -0.25) is 4.79 Å². The molecule has 1 amide bonds. The Morgan fingerprint density at radius 2 is 1.85 bits per heavy atom. The number of hydrogen-bond acceptors (Lipinski definition) is 2. The minimum absolute atomic E-state index is 0.0478. The van der Waals surface area contributed by atoms with E-state index in [2.05, 4.69) is 34.5 Å². The number of hydrogen-bond donors (Lipinski definition) is 2. The van der Waals surface area contributed by atoms with Gasteiger partial charge in [0.05, 0.1) is 32.2 Å². The number of nitrogens with one attached hydrogen (secondary N) is 2. The van der Waals surface area contributed by atoms with Gasteiger partial charge in [0, 0.05) is 15.7 Å². The number of carbonyl (C=O) groups excluding carboxylic acids is 1. The lowest BCUT2D eigenvalue weighted by molar-refractivity contribution is -0.892. The van der Waals surface area contributed by atoms with E-state index in [1.165, 1.54) is 10.6 Å². The molecule has 138 valence electrons. The van der Waals surface area contributed by atoms with E-state index < -0.39 is 0 Å². The highest BCUT2D eigenvalue weighted by molar-refractivity contribution is 6.35. The minimum Gasteiger partial charge on any atom is -0.360 e.